The summed E-state index contributed by atoms with van der Waals surface area (Å²) in [7, 11) is 2.11. The van der Waals surface area contributed by atoms with Gasteiger partial charge in [-0.25, -0.2) is 9.37 Å². The Hall–Kier alpha value is -2.32. The normalized spacial score (nSPS) is 13.7. The fourth-order valence-electron chi connectivity index (χ4n) is 3.60. The van der Waals surface area contributed by atoms with Crippen LogP contribution in [0.3, 0.4) is 0 Å². The number of nitrogens with one attached hydrogen (secondary N) is 1. The Labute approximate surface area is 187 Å². The number of hydrogen-bond donors (Lipinski definition) is 1. The van der Waals surface area contributed by atoms with Crippen LogP contribution in [0.25, 0.3) is 20.8 Å². The maximum absolute atomic E-state index is 13.2. The number of likely N-dealkylation sites (N-methyl/N-ethyl adjacent to an activating group) is 1. The lowest BCUT2D eigenvalue weighted by molar-refractivity contribution is 0.102. The van der Waals surface area contributed by atoms with Crippen molar-refractivity contribution in [1.29, 1.82) is 0 Å². The number of carbonyl (C=O) groups excluding carboxylic acids is 1. The monoisotopic (exact) mass is 459 g/mol. The number of aromatic nitrogens is 1. The van der Waals surface area contributed by atoms with Crippen LogP contribution in [0.2, 0.25) is 0 Å². The molecule has 2 aromatic carbocycles. The molecule has 4 nitrogen and oxygen atoms in total. The molecule has 3 heterocycles. The Morgan fingerprint density at radius 3 is 2.67 bits per heavy atom. The van der Waals surface area contributed by atoms with E-state index in [1.807, 2.05) is 18.2 Å². The predicted molar refractivity (Wildman–Crippen MR) is 125 cm³/mol. The molecule has 0 saturated carbocycles. The first-order valence-electron chi connectivity index (χ1n) is 9.34. The lowest BCUT2D eigenvalue weighted by atomic mass is 10.0. The summed E-state index contributed by atoms with van der Waals surface area (Å²) in [6, 6.07) is 13.7. The third-order valence-corrected chi connectivity index (χ3v) is 7.28. The number of benzene rings is 2. The van der Waals surface area contributed by atoms with Crippen LogP contribution in [-0.4, -0.2) is 29.4 Å². The summed E-state index contributed by atoms with van der Waals surface area (Å²) < 4.78 is 14.3. The van der Waals surface area contributed by atoms with Crippen molar-refractivity contribution >= 4 is 56.2 Å². The van der Waals surface area contributed by atoms with Gasteiger partial charge in [-0.15, -0.1) is 35.1 Å². The molecule has 8 heteroatoms. The standard InChI is InChI=1S/C22H18FN3OS2.ClH/c1-26-11-10-15-18(12-26)29-22(25-20(27)13-6-8-14(23)9-7-13)19(15)21-24-16-4-2-3-5-17(16)28-21;/h2-9H,10-12H2,1H3,(H,25,27);1H. The molecule has 0 bridgehead atoms. The van der Waals surface area contributed by atoms with Gasteiger partial charge >= 0.3 is 0 Å². The van der Waals surface area contributed by atoms with Gasteiger partial charge in [-0.1, -0.05) is 12.1 Å². The first-order valence-corrected chi connectivity index (χ1v) is 11.0. The summed E-state index contributed by atoms with van der Waals surface area (Å²) in [6.45, 7) is 1.84. The van der Waals surface area contributed by atoms with Crippen LogP contribution in [0.1, 0.15) is 20.8 Å². The Kier molecular flexibility index (Phi) is 5.88. The topological polar surface area (TPSA) is 45.2 Å². The largest absolute Gasteiger partial charge is 0.313 e. The number of carbonyl (C=O) groups is 1. The molecule has 0 aliphatic carbocycles. The van der Waals surface area contributed by atoms with Crippen LogP contribution >= 0.6 is 35.1 Å². The first-order chi connectivity index (χ1) is 14.1. The van der Waals surface area contributed by atoms with Gasteiger partial charge < -0.3 is 10.2 Å². The highest BCUT2D eigenvalue weighted by atomic mass is 35.5. The summed E-state index contributed by atoms with van der Waals surface area (Å²) in [6.07, 6.45) is 0.931. The summed E-state index contributed by atoms with van der Waals surface area (Å²) in [4.78, 5) is 21.2. The van der Waals surface area contributed by atoms with E-state index in [1.165, 1.54) is 34.7 Å². The van der Waals surface area contributed by atoms with E-state index in [9.17, 15) is 9.18 Å². The molecular weight excluding hydrogens is 441 g/mol. The number of amides is 1. The second kappa shape index (κ2) is 8.43. The van der Waals surface area contributed by atoms with E-state index in [0.717, 1.165) is 45.3 Å². The molecule has 2 aromatic heterocycles. The van der Waals surface area contributed by atoms with Crippen LogP contribution in [0.4, 0.5) is 9.39 Å². The lowest BCUT2D eigenvalue weighted by Crippen LogP contribution is -2.25. The van der Waals surface area contributed by atoms with Crippen molar-refractivity contribution < 1.29 is 9.18 Å². The number of rotatable bonds is 3. The number of thiophene rings is 1. The van der Waals surface area contributed by atoms with Crippen molar-refractivity contribution in [2.24, 2.45) is 0 Å². The molecule has 0 spiro atoms. The summed E-state index contributed by atoms with van der Waals surface area (Å²) in [5.74, 6) is -0.592. The van der Waals surface area contributed by atoms with Crippen molar-refractivity contribution in [3.05, 3.63) is 70.4 Å². The first kappa shape index (κ1) is 20.9. The summed E-state index contributed by atoms with van der Waals surface area (Å²) in [5, 5.41) is 4.82. The van der Waals surface area contributed by atoms with Crippen molar-refractivity contribution in [1.82, 2.24) is 9.88 Å². The van der Waals surface area contributed by atoms with Crippen LogP contribution in [0, 0.1) is 5.82 Å². The van der Waals surface area contributed by atoms with Crippen molar-refractivity contribution in [3.8, 4) is 10.6 Å². The second-order valence-corrected chi connectivity index (χ2v) is 9.28. The SMILES string of the molecule is CN1CCc2c(sc(NC(=O)c3ccc(F)cc3)c2-c2nc3ccccc3s2)C1.Cl. The van der Waals surface area contributed by atoms with E-state index < -0.39 is 0 Å². The van der Waals surface area contributed by atoms with E-state index in [-0.39, 0.29) is 24.1 Å². The summed E-state index contributed by atoms with van der Waals surface area (Å²) in [5.41, 5.74) is 3.72. The highest BCUT2D eigenvalue weighted by molar-refractivity contribution is 7.23. The number of halogens is 2. The number of thiazole rings is 1. The predicted octanol–water partition coefficient (Wildman–Crippen LogP) is 5.83. The number of para-hydroxylation sites is 1. The number of fused-ring (bicyclic) bond motifs is 2. The van der Waals surface area contributed by atoms with Gasteiger partial charge in [0.25, 0.3) is 5.91 Å². The van der Waals surface area contributed by atoms with Gasteiger partial charge in [0.1, 0.15) is 15.8 Å². The zero-order valence-electron chi connectivity index (χ0n) is 16.1. The summed E-state index contributed by atoms with van der Waals surface area (Å²) >= 11 is 3.26. The van der Waals surface area contributed by atoms with Gasteiger partial charge in [0.2, 0.25) is 0 Å². The van der Waals surface area contributed by atoms with E-state index in [4.69, 9.17) is 4.98 Å². The lowest BCUT2D eigenvalue weighted by Gasteiger charge is -2.22. The molecule has 0 saturated heterocycles. The van der Waals surface area contributed by atoms with E-state index in [0.29, 0.717) is 5.56 Å². The molecule has 0 unspecified atom stereocenters. The van der Waals surface area contributed by atoms with Gasteiger partial charge in [-0.05, 0) is 55.4 Å². The van der Waals surface area contributed by atoms with Crippen molar-refractivity contribution in [2.45, 2.75) is 13.0 Å². The van der Waals surface area contributed by atoms with Gasteiger partial charge in [0.15, 0.2) is 0 Å². The smallest absolute Gasteiger partial charge is 0.256 e. The third-order valence-electron chi connectivity index (χ3n) is 5.09. The average molecular weight is 460 g/mol. The molecular formula is C22H19ClFN3OS2. The van der Waals surface area contributed by atoms with Crippen molar-refractivity contribution in [3.63, 3.8) is 0 Å². The van der Waals surface area contributed by atoms with Gasteiger partial charge in [0.05, 0.1) is 10.2 Å². The maximum atomic E-state index is 13.2. The molecule has 1 aliphatic heterocycles. The molecule has 0 fully saturated rings. The van der Waals surface area contributed by atoms with Crippen LogP contribution in [0.5, 0.6) is 0 Å². The number of hydrogen-bond acceptors (Lipinski definition) is 5. The maximum Gasteiger partial charge on any atom is 0.256 e. The van der Waals surface area contributed by atoms with E-state index in [2.05, 4.69) is 23.3 Å². The Morgan fingerprint density at radius 1 is 1.13 bits per heavy atom. The molecule has 30 heavy (non-hydrogen) atoms. The van der Waals surface area contributed by atoms with Crippen LogP contribution in [-0.2, 0) is 13.0 Å². The molecule has 1 aliphatic rings. The quantitative estimate of drug-likeness (QED) is 0.419. The van der Waals surface area contributed by atoms with Crippen LogP contribution in [0.15, 0.2) is 48.5 Å². The molecule has 0 atom stereocenters. The van der Waals surface area contributed by atoms with Crippen LogP contribution < -0.4 is 5.32 Å². The Balaban J connectivity index is 0.00000218. The fraction of sp³-hybridized carbons (Fsp3) is 0.182. The molecule has 1 amide bonds. The number of nitrogens with zero attached hydrogens (tertiary/aromatic N) is 2. The highest BCUT2D eigenvalue weighted by Gasteiger charge is 2.26. The molecule has 0 radical (unpaired) electrons. The molecule has 1 N–H and O–H groups in total. The Morgan fingerprint density at radius 2 is 1.90 bits per heavy atom. The van der Waals surface area contributed by atoms with Gasteiger partial charge in [-0.3, -0.25) is 4.79 Å². The average Bonchev–Trinajstić information content (AvgIpc) is 3.28. The third kappa shape index (κ3) is 3.86. The zero-order valence-corrected chi connectivity index (χ0v) is 18.6. The van der Waals surface area contributed by atoms with E-state index >= 15 is 0 Å². The fourth-order valence-corrected chi connectivity index (χ4v) is 6.03. The Bertz CT molecular complexity index is 1190. The highest BCUT2D eigenvalue weighted by Crippen LogP contribution is 2.45. The minimum absolute atomic E-state index is 0. The number of anilines is 1. The second-order valence-electron chi connectivity index (χ2n) is 7.14. The van der Waals surface area contributed by atoms with E-state index in [1.54, 1.807) is 22.7 Å². The van der Waals surface area contributed by atoms with Gasteiger partial charge in [-0.2, -0.15) is 0 Å². The minimum atomic E-state index is -0.355. The molecule has 4 aromatic rings. The molecule has 154 valence electrons. The zero-order chi connectivity index (χ0) is 20.0. The van der Waals surface area contributed by atoms with Crippen molar-refractivity contribution in [2.75, 3.05) is 18.9 Å². The van der Waals surface area contributed by atoms with Gasteiger partial charge in [0, 0.05) is 29.1 Å². The minimum Gasteiger partial charge on any atom is -0.313 e. The molecule has 5 rings (SSSR count).